The molecule has 0 aromatic heterocycles. The number of hydrogen-bond acceptors (Lipinski definition) is 3. The molecule has 1 rings (SSSR count). The highest BCUT2D eigenvalue weighted by atomic mass is 32.2. The lowest BCUT2D eigenvalue weighted by Gasteiger charge is -2.01. The molecule has 0 atom stereocenters. The second-order valence-corrected chi connectivity index (χ2v) is 3.56. The Morgan fingerprint density at radius 3 is 2.57 bits per heavy atom. The number of hydrogen-bond donors (Lipinski definition) is 0. The molecular formula is C10H11FO2S. The molecule has 0 aliphatic heterocycles. The maximum absolute atomic E-state index is 11.8. The molecule has 14 heavy (non-hydrogen) atoms. The summed E-state index contributed by atoms with van der Waals surface area (Å²) in [6, 6.07) is 6.57. The number of methoxy groups -OCH3 is 1. The van der Waals surface area contributed by atoms with Gasteiger partial charge in [-0.2, -0.15) is 0 Å². The molecule has 1 aromatic rings. The zero-order chi connectivity index (χ0) is 10.4. The lowest BCUT2D eigenvalue weighted by molar-refractivity contribution is 0.0601. The van der Waals surface area contributed by atoms with Crippen LogP contribution in [0.5, 0.6) is 0 Å². The van der Waals surface area contributed by atoms with Crippen LogP contribution in [0.25, 0.3) is 0 Å². The van der Waals surface area contributed by atoms with Crippen LogP contribution in [0.4, 0.5) is 4.39 Å². The van der Waals surface area contributed by atoms with E-state index in [1.165, 1.54) is 18.9 Å². The summed E-state index contributed by atoms with van der Waals surface area (Å²) in [5, 5.41) is 0. The van der Waals surface area contributed by atoms with E-state index in [0.29, 0.717) is 11.3 Å². The van der Waals surface area contributed by atoms with E-state index >= 15 is 0 Å². The molecule has 0 aliphatic carbocycles. The van der Waals surface area contributed by atoms with Gasteiger partial charge in [-0.25, -0.2) is 9.18 Å². The third kappa shape index (κ3) is 3.03. The molecule has 0 bridgehead atoms. The van der Waals surface area contributed by atoms with Crippen LogP contribution < -0.4 is 0 Å². The normalized spacial score (nSPS) is 9.86. The van der Waals surface area contributed by atoms with Crippen molar-refractivity contribution in [1.29, 1.82) is 0 Å². The molecule has 0 N–H and O–H groups in total. The zero-order valence-corrected chi connectivity index (χ0v) is 8.64. The monoisotopic (exact) mass is 214 g/mol. The van der Waals surface area contributed by atoms with Crippen LogP contribution in [0.3, 0.4) is 0 Å². The standard InChI is InChI=1S/C10H11FO2S/c1-13-10(12)9-4-2-8(3-5-9)6-14-7-11/h2-5H,6-7H2,1H3. The molecule has 0 aliphatic rings. The van der Waals surface area contributed by atoms with E-state index in [4.69, 9.17) is 0 Å². The minimum Gasteiger partial charge on any atom is -0.465 e. The summed E-state index contributed by atoms with van der Waals surface area (Å²) >= 11 is 1.20. The molecule has 0 saturated carbocycles. The highest BCUT2D eigenvalue weighted by Gasteiger charge is 2.03. The molecule has 4 heteroatoms. The van der Waals surface area contributed by atoms with E-state index in [9.17, 15) is 9.18 Å². The summed E-state index contributed by atoms with van der Waals surface area (Å²) in [5.41, 5.74) is 1.52. The number of benzene rings is 1. The van der Waals surface area contributed by atoms with Gasteiger partial charge in [-0.05, 0) is 17.7 Å². The molecule has 1 aromatic carbocycles. The van der Waals surface area contributed by atoms with E-state index < -0.39 is 6.01 Å². The number of thioether (sulfide) groups is 1. The van der Waals surface area contributed by atoms with Gasteiger partial charge in [0.15, 0.2) is 0 Å². The minimum absolute atomic E-state index is 0.352. The predicted octanol–water partition coefficient (Wildman–Crippen LogP) is 2.63. The SMILES string of the molecule is COC(=O)c1ccc(CSCF)cc1. The third-order valence-corrected chi connectivity index (χ3v) is 2.41. The van der Waals surface area contributed by atoms with Crippen molar-refractivity contribution in [2.24, 2.45) is 0 Å². The smallest absolute Gasteiger partial charge is 0.337 e. The fourth-order valence-corrected chi connectivity index (χ4v) is 1.52. The number of alkyl halides is 1. The fraction of sp³-hybridized carbons (Fsp3) is 0.300. The second-order valence-electron chi connectivity index (χ2n) is 2.65. The minimum atomic E-state index is -0.390. The number of rotatable bonds is 4. The first kappa shape index (κ1) is 11.0. The maximum Gasteiger partial charge on any atom is 0.337 e. The first-order chi connectivity index (χ1) is 6.77. The number of carbonyl (C=O) groups excluding carboxylic acids is 1. The lowest BCUT2D eigenvalue weighted by atomic mass is 10.1. The summed E-state index contributed by atoms with van der Waals surface area (Å²) < 4.78 is 16.4. The van der Waals surface area contributed by atoms with E-state index in [1.807, 2.05) is 0 Å². The molecule has 0 amide bonds. The Kier molecular flexibility index (Phi) is 4.46. The topological polar surface area (TPSA) is 26.3 Å². The summed E-state index contributed by atoms with van der Waals surface area (Å²) in [4.78, 5) is 11.1. The Labute approximate surface area is 86.5 Å². The molecule has 0 saturated heterocycles. The van der Waals surface area contributed by atoms with Crippen molar-refractivity contribution in [2.45, 2.75) is 5.75 Å². The Bertz CT molecular complexity index is 297. The van der Waals surface area contributed by atoms with Crippen molar-refractivity contribution >= 4 is 17.7 Å². The summed E-state index contributed by atoms with van der Waals surface area (Å²) in [6.07, 6.45) is 0. The molecule has 2 nitrogen and oxygen atoms in total. The number of ether oxygens (including phenoxy) is 1. The average molecular weight is 214 g/mol. The lowest BCUT2D eigenvalue weighted by Crippen LogP contribution is -2.00. The highest BCUT2D eigenvalue weighted by Crippen LogP contribution is 2.13. The third-order valence-electron chi connectivity index (χ3n) is 1.72. The van der Waals surface area contributed by atoms with Gasteiger partial charge in [0.2, 0.25) is 0 Å². The number of halogens is 1. The van der Waals surface area contributed by atoms with E-state index in [-0.39, 0.29) is 5.97 Å². The molecule has 0 fully saturated rings. The Morgan fingerprint density at radius 2 is 2.07 bits per heavy atom. The van der Waals surface area contributed by atoms with E-state index in [1.54, 1.807) is 24.3 Å². The molecule has 76 valence electrons. The average Bonchev–Trinajstić information content (AvgIpc) is 2.26. The predicted molar refractivity (Wildman–Crippen MR) is 55.1 cm³/mol. The van der Waals surface area contributed by atoms with Crippen LogP contribution in [0, 0.1) is 0 Å². The largest absolute Gasteiger partial charge is 0.465 e. The van der Waals surface area contributed by atoms with Gasteiger partial charge in [-0.1, -0.05) is 12.1 Å². The van der Waals surface area contributed by atoms with E-state index in [0.717, 1.165) is 5.56 Å². The number of esters is 1. The maximum atomic E-state index is 11.8. The quantitative estimate of drug-likeness (QED) is 0.721. The van der Waals surface area contributed by atoms with Crippen LogP contribution in [0.2, 0.25) is 0 Å². The van der Waals surface area contributed by atoms with Gasteiger partial charge in [0, 0.05) is 5.75 Å². The van der Waals surface area contributed by atoms with Gasteiger partial charge in [0.05, 0.1) is 12.7 Å². The Hall–Kier alpha value is -1.03. The van der Waals surface area contributed by atoms with Gasteiger partial charge in [-0.15, -0.1) is 11.8 Å². The highest BCUT2D eigenvalue weighted by molar-refractivity contribution is 7.98. The van der Waals surface area contributed by atoms with Crippen molar-refractivity contribution in [3.8, 4) is 0 Å². The fourth-order valence-electron chi connectivity index (χ4n) is 1.01. The molecular weight excluding hydrogens is 203 g/mol. The summed E-state index contributed by atoms with van der Waals surface area (Å²) in [7, 11) is 1.34. The van der Waals surface area contributed by atoms with Gasteiger partial charge in [0.25, 0.3) is 0 Å². The van der Waals surface area contributed by atoms with Crippen LogP contribution in [-0.4, -0.2) is 19.1 Å². The van der Waals surface area contributed by atoms with Gasteiger partial charge in [-0.3, -0.25) is 0 Å². The van der Waals surface area contributed by atoms with E-state index in [2.05, 4.69) is 4.74 Å². The summed E-state index contributed by atoms with van der Waals surface area (Å²) in [6.45, 7) is 0. The van der Waals surface area contributed by atoms with Gasteiger partial charge < -0.3 is 4.74 Å². The summed E-state index contributed by atoms with van der Waals surface area (Å²) in [5.74, 6) is 0.271. The van der Waals surface area contributed by atoms with Crippen molar-refractivity contribution in [1.82, 2.24) is 0 Å². The Morgan fingerprint density at radius 1 is 1.43 bits per heavy atom. The van der Waals surface area contributed by atoms with Gasteiger partial charge in [0.1, 0.15) is 6.01 Å². The Balaban J connectivity index is 2.63. The van der Waals surface area contributed by atoms with Crippen LogP contribution in [-0.2, 0) is 10.5 Å². The van der Waals surface area contributed by atoms with Crippen molar-refractivity contribution < 1.29 is 13.9 Å². The molecule has 0 unspecified atom stereocenters. The second kappa shape index (κ2) is 5.65. The van der Waals surface area contributed by atoms with Crippen LogP contribution in [0.1, 0.15) is 15.9 Å². The van der Waals surface area contributed by atoms with Gasteiger partial charge >= 0.3 is 5.97 Å². The number of carbonyl (C=O) groups is 1. The van der Waals surface area contributed by atoms with Crippen molar-refractivity contribution in [3.63, 3.8) is 0 Å². The van der Waals surface area contributed by atoms with Crippen molar-refractivity contribution in [2.75, 3.05) is 13.1 Å². The molecule has 0 heterocycles. The molecule has 0 spiro atoms. The first-order valence-corrected chi connectivity index (χ1v) is 5.24. The van der Waals surface area contributed by atoms with Crippen molar-refractivity contribution in [3.05, 3.63) is 35.4 Å². The van der Waals surface area contributed by atoms with Crippen LogP contribution >= 0.6 is 11.8 Å². The zero-order valence-electron chi connectivity index (χ0n) is 7.83. The van der Waals surface area contributed by atoms with Crippen LogP contribution in [0.15, 0.2) is 24.3 Å². The first-order valence-electron chi connectivity index (χ1n) is 4.09. The molecule has 0 radical (unpaired) electrons.